The molecule has 0 aliphatic carbocycles. The van der Waals surface area contributed by atoms with Crippen LogP contribution in [0.25, 0.3) is 0 Å². The first kappa shape index (κ1) is 51.5. The van der Waals surface area contributed by atoms with Gasteiger partial charge in [-0.25, -0.2) is 0 Å². The first-order valence-electron chi connectivity index (χ1n) is 24.6. The average Bonchev–Trinajstić information content (AvgIpc) is 4.17. The highest BCUT2D eigenvalue weighted by Crippen LogP contribution is 2.25. The molecule has 4 fully saturated rings. The van der Waals surface area contributed by atoms with Crippen molar-refractivity contribution in [2.24, 2.45) is 5.92 Å². The Morgan fingerprint density at radius 2 is 0.901 bits per heavy atom. The van der Waals surface area contributed by atoms with Crippen LogP contribution in [0.1, 0.15) is 81.9 Å². The Kier molecular flexibility index (Phi) is 17.1. The summed E-state index contributed by atoms with van der Waals surface area (Å²) in [7, 11) is 0. The van der Waals surface area contributed by atoms with Crippen molar-refractivity contribution in [3.05, 3.63) is 102 Å². The molecule has 9 atom stereocenters. The molecule has 0 spiro atoms. The SMILES string of the molecule is CCC(C)C1NC(=O)C2CCCN2C(=O)C(Cc2ccccc2)NC(=O)C2CCCN2C(=O)C(Cc2ccccc2)NC(=O)C2CCCN2C(=O)C(CC(=O)O)NC(=O)C(Cc2ccc(O)cc2)NC1=O. The average molecular weight is 977 g/mol. The number of aromatic hydroxyl groups is 1. The number of rotatable bonds is 10. The molecule has 378 valence electrons. The van der Waals surface area contributed by atoms with Crippen LogP contribution in [-0.2, 0) is 62.4 Å². The molecule has 71 heavy (non-hydrogen) atoms. The Morgan fingerprint density at radius 1 is 0.521 bits per heavy atom. The lowest BCUT2D eigenvalue weighted by atomic mass is 9.96. The minimum absolute atomic E-state index is 0.0220. The molecule has 19 heteroatoms. The van der Waals surface area contributed by atoms with Crippen LogP contribution in [0.5, 0.6) is 5.75 Å². The van der Waals surface area contributed by atoms with Gasteiger partial charge in [0.05, 0.1) is 6.42 Å². The van der Waals surface area contributed by atoms with Gasteiger partial charge < -0.3 is 51.5 Å². The zero-order valence-electron chi connectivity index (χ0n) is 40.1. The van der Waals surface area contributed by atoms with Crippen molar-refractivity contribution in [3.63, 3.8) is 0 Å². The van der Waals surface area contributed by atoms with Crippen LogP contribution < -0.4 is 26.6 Å². The highest BCUT2D eigenvalue weighted by atomic mass is 16.4. The fourth-order valence-electron chi connectivity index (χ4n) is 10.1. The van der Waals surface area contributed by atoms with E-state index in [0.29, 0.717) is 36.8 Å². The molecule has 19 nitrogen and oxygen atoms in total. The number of benzene rings is 3. The number of phenolic OH excluding ortho intramolecular Hbond substituents is 1. The second kappa shape index (κ2) is 23.5. The van der Waals surface area contributed by atoms with Crippen LogP contribution >= 0.6 is 0 Å². The summed E-state index contributed by atoms with van der Waals surface area (Å²) < 4.78 is 0. The van der Waals surface area contributed by atoms with Gasteiger partial charge in [0.1, 0.15) is 54.1 Å². The lowest BCUT2D eigenvalue weighted by Gasteiger charge is -2.34. The third-order valence-corrected chi connectivity index (χ3v) is 14.1. The van der Waals surface area contributed by atoms with Crippen molar-refractivity contribution in [2.75, 3.05) is 19.6 Å². The van der Waals surface area contributed by atoms with Crippen LogP contribution in [0.3, 0.4) is 0 Å². The smallest absolute Gasteiger partial charge is 0.305 e. The predicted molar refractivity (Wildman–Crippen MR) is 258 cm³/mol. The topological polar surface area (TPSA) is 264 Å². The Bertz CT molecular complexity index is 2440. The predicted octanol–water partition coefficient (Wildman–Crippen LogP) is 1.35. The number of carboxylic acids is 1. The monoisotopic (exact) mass is 976 g/mol. The van der Waals surface area contributed by atoms with Gasteiger partial charge >= 0.3 is 5.97 Å². The van der Waals surface area contributed by atoms with Crippen LogP contribution in [0.2, 0.25) is 0 Å². The maximum atomic E-state index is 14.8. The summed E-state index contributed by atoms with van der Waals surface area (Å²) in [4.78, 5) is 133. The fraction of sp³-hybridized carbons (Fsp3) is 0.481. The molecule has 3 aromatic carbocycles. The number of nitrogens with zero attached hydrogens (tertiary/aromatic N) is 3. The standard InChI is InChI=1S/C52H64N8O11/c1-3-31(2)44-49(68)53-36(27-34-20-22-35(61)23-21-34)45(64)54-39(30-43(62)63)52(71)59-25-11-18-41(59)47(66)55-37(28-32-13-6-4-7-14-32)50(69)58-24-10-17-40(58)46(65)56-38(29-33-15-8-5-9-16-33)51(70)60-26-12-19-42(60)48(67)57-44/h4-9,13-16,20-23,31,36-42,44,61H,3,10-12,17-19,24-30H2,1-2H3,(H,53,68)(H,54,64)(H,55,66)(H,56,65)(H,57,67)(H,62,63). The summed E-state index contributed by atoms with van der Waals surface area (Å²) in [6.07, 6.45) is 1.33. The third-order valence-electron chi connectivity index (χ3n) is 14.1. The van der Waals surface area contributed by atoms with Gasteiger partial charge in [-0.3, -0.25) is 43.2 Å². The van der Waals surface area contributed by atoms with E-state index < -0.39 is 114 Å². The van der Waals surface area contributed by atoms with E-state index in [1.165, 1.54) is 39.0 Å². The quantitative estimate of drug-likeness (QED) is 0.153. The van der Waals surface area contributed by atoms with Crippen LogP contribution in [0.15, 0.2) is 84.9 Å². The number of nitrogens with one attached hydrogen (secondary N) is 5. The number of aliphatic carboxylic acids is 1. The van der Waals surface area contributed by atoms with Crippen molar-refractivity contribution in [2.45, 2.75) is 133 Å². The summed E-state index contributed by atoms with van der Waals surface area (Å²) in [5.74, 6) is -7.53. The minimum atomic E-state index is -1.70. The van der Waals surface area contributed by atoms with Crippen molar-refractivity contribution in [1.82, 2.24) is 41.3 Å². The number of hydrogen-bond acceptors (Lipinski definition) is 10. The number of phenols is 1. The van der Waals surface area contributed by atoms with Crippen molar-refractivity contribution < 1.29 is 53.4 Å². The lowest BCUT2D eigenvalue weighted by Crippen LogP contribution is -2.62. The normalized spacial score (nSPS) is 26.8. The van der Waals surface area contributed by atoms with Crippen molar-refractivity contribution >= 4 is 53.2 Å². The van der Waals surface area contributed by atoms with E-state index >= 15 is 0 Å². The molecule has 7 rings (SSSR count). The number of fused-ring (bicyclic) bond motifs is 3. The highest BCUT2D eigenvalue weighted by Gasteiger charge is 2.45. The number of carbonyl (C=O) groups is 9. The molecule has 0 saturated carbocycles. The molecule has 4 aliphatic heterocycles. The molecule has 9 unspecified atom stereocenters. The third kappa shape index (κ3) is 12.7. The Morgan fingerprint density at radius 3 is 1.34 bits per heavy atom. The van der Waals surface area contributed by atoms with Gasteiger partial charge in [0.2, 0.25) is 47.3 Å². The second-order valence-corrected chi connectivity index (χ2v) is 19.0. The molecule has 3 aromatic rings. The fourth-order valence-corrected chi connectivity index (χ4v) is 10.1. The van der Waals surface area contributed by atoms with Gasteiger partial charge in [0, 0.05) is 38.9 Å². The number of hydrogen-bond donors (Lipinski definition) is 7. The molecule has 4 aliphatic rings. The molecular weight excluding hydrogens is 913 g/mol. The van der Waals surface area contributed by atoms with E-state index in [9.17, 15) is 53.4 Å². The van der Waals surface area contributed by atoms with E-state index in [1.54, 1.807) is 49.4 Å². The molecule has 0 radical (unpaired) electrons. The zero-order valence-corrected chi connectivity index (χ0v) is 40.1. The molecule has 8 amide bonds. The Hall–Kier alpha value is -7.31. The van der Waals surface area contributed by atoms with Crippen molar-refractivity contribution in [3.8, 4) is 5.75 Å². The van der Waals surface area contributed by atoms with E-state index in [4.69, 9.17) is 0 Å². The van der Waals surface area contributed by atoms with Crippen LogP contribution in [-0.4, -0.2) is 146 Å². The molecule has 0 bridgehead atoms. The summed E-state index contributed by atoms with van der Waals surface area (Å²) in [5.41, 5.74) is 1.91. The number of amides is 8. The second-order valence-electron chi connectivity index (χ2n) is 19.0. The van der Waals surface area contributed by atoms with E-state index in [-0.39, 0.29) is 63.9 Å². The van der Waals surface area contributed by atoms with Gasteiger partial charge in [-0.05, 0) is 73.3 Å². The summed E-state index contributed by atoms with van der Waals surface area (Å²) >= 11 is 0. The molecule has 0 aromatic heterocycles. The molecule has 4 saturated heterocycles. The van der Waals surface area contributed by atoms with Gasteiger partial charge in [0.25, 0.3) is 0 Å². The van der Waals surface area contributed by atoms with Crippen LogP contribution in [0.4, 0.5) is 0 Å². The Labute approximate surface area is 412 Å². The van der Waals surface area contributed by atoms with E-state index in [0.717, 1.165) is 5.56 Å². The lowest BCUT2D eigenvalue weighted by molar-refractivity contribution is -0.147. The first-order valence-corrected chi connectivity index (χ1v) is 24.6. The van der Waals surface area contributed by atoms with Gasteiger partial charge in [-0.15, -0.1) is 0 Å². The summed E-state index contributed by atoms with van der Waals surface area (Å²) in [6.45, 7) is 3.93. The molecular formula is C52H64N8O11. The van der Waals surface area contributed by atoms with E-state index in [1.807, 2.05) is 25.1 Å². The van der Waals surface area contributed by atoms with Crippen molar-refractivity contribution in [1.29, 1.82) is 0 Å². The first-order chi connectivity index (χ1) is 34.1. The van der Waals surface area contributed by atoms with Crippen LogP contribution in [0, 0.1) is 5.92 Å². The largest absolute Gasteiger partial charge is 0.508 e. The van der Waals surface area contributed by atoms with E-state index in [2.05, 4.69) is 26.6 Å². The molecule has 7 N–H and O–H groups in total. The Balaban J connectivity index is 1.28. The highest BCUT2D eigenvalue weighted by molar-refractivity contribution is 6.00. The molecule has 4 heterocycles. The maximum absolute atomic E-state index is 14.8. The van der Waals surface area contributed by atoms with Gasteiger partial charge in [0.15, 0.2) is 0 Å². The number of carboxylic acid groups (broad SMARTS) is 1. The number of carbonyl (C=O) groups excluding carboxylic acids is 8. The zero-order chi connectivity index (χ0) is 50.8. The summed E-state index contributed by atoms with van der Waals surface area (Å²) in [5, 5.41) is 34.0. The summed E-state index contributed by atoms with van der Waals surface area (Å²) in [6, 6.07) is 13.8. The van der Waals surface area contributed by atoms with Gasteiger partial charge in [-0.2, -0.15) is 0 Å². The maximum Gasteiger partial charge on any atom is 0.305 e. The minimum Gasteiger partial charge on any atom is -0.508 e. The van der Waals surface area contributed by atoms with Gasteiger partial charge in [-0.1, -0.05) is 93.1 Å².